The first kappa shape index (κ1) is 12.1. The molecule has 2 N–H and O–H groups in total. The van der Waals surface area contributed by atoms with Gasteiger partial charge in [0.1, 0.15) is 5.82 Å². The van der Waals surface area contributed by atoms with Crippen LogP contribution >= 0.6 is 0 Å². The summed E-state index contributed by atoms with van der Waals surface area (Å²) < 4.78 is 0. The fourth-order valence-electron chi connectivity index (χ4n) is 2.85. The lowest BCUT2D eigenvalue weighted by Crippen LogP contribution is -2.00. The van der Waals surface area contributed by atoms with Crippen LogP contribution in [-0.2, 0) is 0 Å². The molecular weight excluding hydrogens is 242 g/mol. The van der Waals surface area contributed by atoms with E-state index in [9.17, 15) is 9.90 Å². The standard InChI is InChI=1S/C14H17N3O2/c18-14(19)10-7-8-15-13-11(10)16-12(17-13)9-5-3-1-2-4-6-9/h7-9H,1-6H2,(H,18,19)(H,15,16,17). The Labute approximate surface area is 111 Å². The number of nitrogens with zero attached hydrogens (tertiary/aromatic N) is 2. The second kappa shape index (κ2) is 4.99. The van der Waals surface area contributed by atoms with E-state index in [-0.39, 0.29) is 5.56 Å². The van der Waals surface area contributed by atoms with Gasteiger partial charge in [-0.05, 0) is 18.9 Å². The zero-order valence-electron chi connectivity index (χ0n) is 10.7. The number of imidazole rings is 1. The van der Waals surface area contributed by atoms with Gasteiger partial charge in [-0.1, -0.05) is 25.7 Å². The molecule has 1 aliphatic carbocycles. The molecule has 5 nitrogen and oxygen atoms in total. The van der Waals surface area contributed by atoms with Gasteiger partial charge in [0.15, 0.2) is 5.65 Å². The highest BCUT2D eigenvalue weighted by atomic mass is 16.4. The molecule has 19 heavy (non-hydrogen) atoms. The number of rotatable bonds is 2. The molecule has 100 valence electrons. The van der Waals surface area contributed by atoms with Crippen molar-refractivity contribution in [1.82, 2.24) is 15.0 Å². The minimum absolute atomic E-state index is 0.248. The Hall–Kier alpha value is -1.91. The summed E-state index contributed by atoms with van der Waals surface area (Å²) in [4.78, 5) is 23.0. The monoisotopic (exact) mass is 259 g/mol. The Morgan fingerprint density at radius 3 is 2.68 bits per heavy atom. The molecule has 0 spiro atoms. The topological polar surface area (TPSA) is 78.9 Å². The fourth-order valence-corrected chi connectivity index (χ4v) is 2.85. The third kappa shape index (κ3) is 2.32. The Morgan fingerprint density at radius 1 is 1.26 bits per heavy atom. The lowest BCUT2D eigenvalue weighted by atomic mass is 10.00. The summed E-state index contributed by atoms with van der Waals surface area (Å²) in [7, 11) is 0. The van der Waals surface area contributed by atoms with E-state index >= 15 is 0 Å². The van der Waals surface area contributed by atoms with Gasteiger partial charge in [0, 0.05) is 12.1 Å². The Morgan fingerprint density at radius 2 is 2.00 bits per heavy atom. The van der Waals surface area contributed by atoms with Gasteiger partial charge >= 0.3 is 5.97 Å². The number of hydrogen-bond donors (Lipinski definition) is 2. The van der Waals surface area contributed by atoms with Crippen LogP contribution in [0.25, 0.3) is 11.2 Å². The van der Waals surface area contributed by atoms with E-state index in [1.165, 1.54) is 37.9 Å². The third-order valence-electron chi connectivity index (χ3n) is 3.88. The molecule has 0 bridgehead atoms. The van der Waals surface area contributed by atoms with Gasteiger partial charge in [-0.3, -0.25) is 0 Å². The van der Waals surface area contributed by atoms with Crippen molar-refractivity contribution in [3.8, 4) is 0 Å². The molecular formula is C14H17N3O2. The van der Waals surface area contributed by atoms with E-state index in [0.29, 0.717) is 17.1 Å². The van der Waals surface area contributed by atoms with Gasteiger partial charge in [-0.2, -0.15) is 0 Å². The Bertz CT molecular complexity index is 598. The van der Waals surface area contributed by atoms with Gasteiger partial charge < -0.3 is 10.1 Å². The molecule has 0 aliphatic heterocycles. The molecule has 2 aromatic heterocycles. The molecule has 0 amide bonds. The quantitative estimate of drug-likeness (QED) is 0.812. The number of nitrogens with one attached hydrogen (secondary N) is 1. The molecule has 5 heteroatoms. The number of carboxylic acid groups (broad SMARTS) is 1. The molecule has 3 rings (SSSR count). The number of carbonyl (C=O) groups is 1. The SMILES string of the molecule is O=C(O)c1ccnc2nc(C3CCCCCC3)[nH]c12. The number of aromatic carboxylic acids is 1. The highest BCUT2D eigenvalue weighted by Crippen LogP contribution is 2.31. The van der Waals surface area contributed by atoms with Gasteiger partial charge in [0.05, 0.1) is 11.1 Å². The van der Waals surface area contributed by atoms with E-state index in [1.807, 2.05) is 0 Å². The van der Waals surface area contributed by atoms with Gasteiger partial charge in [0.2, 0.25) is 0 Å². The minimum atomic E-state index is -0.941. The predicted octanol–water partition coefficient (Wildman–Crippen LogP) is 3.09. The van der Waals surface area contributed by atoms with Crippen molar-refractivity contribution >= 4 is 17.1 Å². The molecule has 1 aliphatic rings. The summed E-state index contributed by atoms with van der Waals surface area (Å²) in [5, 5.41) is 9.17. The number of hydrogen-bond acceptors (Lipinski definition) is 3. The second-order valence-corrected chi connectivity index (χ2v) is 5.17. The van der Waals surface area contributed by atoms with Crippen molar-refractivity contribution in [2.45, 2.75) is 44.4 Å². The number of fused-ring (bicyclic) bond motifs is 1. The number of carboxylic acids is 1. The number of aromatic nitrogens is 3. The summed E-state index contributed by atoms with van der Waals surface area (Å²) in [6.07, 6.45) is 8.78. The van der Waals surface area contributed by atoms with Crippen LogP contribution in [0, 0.1) is 0 Å². The lowest BCUT2D eigenvalue weighted by Gasteiger charge is -2.09. The highest BCUT2D eigenvalue weighted by Gasteiger charge is 2.20. The number of pyridine rings is 1. The van der Waals surface area contributed by atoms with Crippen molar-refractivity contribution in [3.05, 3.63) is 23.7 Å². The first-order valence-electron chi connectivity index (χ1n) is 6.83. The summed E-state index contributed by atoms with van der Waals surface area (Å²) in [5.74, 6) is 0.375. The van der Waals surface area contributed by atoms with E-state index in [4.69, 9.17) is 0 Å². The molecule has 1 fully saturated rings. The van der Waals surface area contributed by atoms with Crippen LogP contribution in [0.2, 0.25) is 0 Å². The van der Waals surface area contributed by atoms with E-state index in [2.05, 4.69) is 15.0 Å². The van der Waals surface area contributed by atoms with Crippen molar-refractivity contribution in [2.24, 2.45) is 0 Å². The van der Waals surface area contributed by atoms with Crippen molar-refractivity contribution in [3.63, 3.8) is 0 Å². The minimum Gasteiger partial charge on any atom is -0.478 e. The van der Waals surface area contributed by atoms with Crippen molar-refractivity contribution < 1.29 is 9.90 Å². The highest BCUT2D eigenvalue weighted by molar-refractivity contribution is 5.99. The summed E-state index contributed by atoms with van der Waals surface area (Å²) >= 11 is 0. The van der Waals surface area contributed by atoms with Gasteiger partial charge in [-0.15, -0.1) is 0 Å². The summed E-state index contributed by atoms with van der Waals surface area (Å²) in [6.45, 7) is 0. The molecule has 2 aromatic rings. The molecule has 0 saturated heterocycles. The normalized spacial score (nSPS) is 17.5. The number of H-pyrrole nitrogens is 1. The summed E-state index contributed by atoms with van der Waals surface area (Å²) in [6, 6.07) is 1.51. The maximum Gasteiger partial charge on any atom is 0.338 e. The van der Waals surface area contributed by atoms with E-state index < -0.39 is 5.97 Å². The molecule has 1 saturated carbocycles. The predicted molar refractivity (Wildman–Crippen MR) is 71.3 cm³/mol. The average molecular weight is 259 g/mol. The summed E-state index contributed by atoms with van der Waals surface area (Å²) in [5.41, 5.74) is 1.31. The molecule has 0 unspecified atom stereocenters. The number of aromatic amines is 1. The van der Waals surface area contributed by atoms with Crippen LogP contribution in [0.15, 0.2) is 12.3 Å². The first-order valence-corrected chi connectivity index (χ1v) is 6.83. The molecule has 0 aromatic carbocycles. The zero-order valence-corrected chi connectivity index (χ0v) is 10.7. The van der Waals surface area contributed by atoms with E-state index in [1.54, 1.807) is 0 Å². The maximum atomic E-state index is 11.2. The molecule has 2 heterocycles. The van der Waals surface area contributed by atoms with Gasteiger partial charge in [-0.25, -0.2) is 14.8 Å². The van der Waals surface area contributed by atoms with Crippen LogP contribution in [-0.4, -0.2) is 26.0 Å². The largest absolute Gasteiger partial charge is 0.478 e. The Kier molecular flexibility index (Phi) is 3.19. The maximum absolute atomic E-state index is 11.2. The molecule has 0 atom stereocenters. The van der Waals surface area contributed by atoms with Gasteiger partial charge in [0.25, 0.3) is 0 Å². The van der Waals surface area contributed by atoms with Crippen molar-refractivity contribution in [2.75, 3.05) is 0 Å². The average Bonchev–Trinajstić information content (AvgIpc) is 2.65. The second-order valence-electron chi connectivity index (χ2n) is 5.17. The smallest absolute Gasteiger partial charge is 0.338 e. The third-order valence-corrected chi connectivity index (χ3v) is 3.88. The van der Waals surface area contributed by atoms with Crippen LogP contribution in [0.5, 0.6) is 0 Å². The lowest BCUT2D eigenvalue weighted by molar-refractivity contribution is 0.0698. The van der Waals surface area contributed by atoms with E-state index in [0.717, 1.165) is 18.7 Å². The van der Waals surface area contributed by atoms with Crippen LogP contribution < -0.4 is 0 Å². The van der Waals surface area contributed by atoms with Crippen molar-refractivity contribution in [1.29, 1.82) is 0 Å². The molecule has 0 radical (unpaired) electrons. The van der Waals surface area contributed by atoms with Crippen LogP contribution in [0.4, 0.5) is 0 Å². The Balaban J connectivity index is 2.01. The van der Waals surface area contributed by atoms with Crippen LogP contribution in [0.3, 0.4) is 0 Å². The fraction of sp³-hybridized carbons (Fsp3) is 0.500. The van der Waals surface area contributed by atoms with Crippen LogP contribution in [0.1, 0.15) is 60.6 Å². The first-order chi connectivity index (χ1) is 9.25. The zero-order chi connectivity index (χ0) is 13.2.